The van der Waals surface area contributed by atoms with E-state index in [4.69, 9.17) is 33.1 Å². The molecule has 2 bridgehead atoms. The first-order valence-electron chi connectivity index (χ1n) is 43.2. The molecule has 45 nitrogen and oxygen atoms in total. The van der Waals surface area contributed by atoms with Crippen LogP contribution in [0.2, 0.25) is 0 Å². The number of phenolic OH excluding ortho intramolecular Hbond substituents is 3. The number of amides is 16. The number of hydrogen-bond donors (Lipinski definition) is 23. The molecule has 0 aliphatic carbocycles. The molecule has 4 aromatic rings. The number of carbonyl (C=O) groups excluding carboxylic acids is 17. The van der Waals surface area contributed by atoms with E-state index in [0.29, 0.717) is 33.6 Å². The van der Waals surface area contributed by atoms with Gasteiger partial charge in [-0.2, -0.15) is 0 Å². The van der Waals surface area contributed by atoms with Crippen molar-refractivity contribution in [2.75, 3.05) is 50.8 Å². The maximum Gasteiger partial charge on any atom is 0.330 e. The van der Waals surface area contributed by atoms with Crippen LogP contribution in [0.15, 0.2) is 85.3 Å². The first kappa shape index (κ1) is 102. The first-order chi connectivity index (χ1) is 62.5. The zero-order chi connectivity index (χ0) is 95.3. The SMILES string of the molecule is CC(N)C1NC(=O)[C@H]2CCCN2C(=O)[C@H](C)NC(=O)[C@H](CO)NC(=O)[C@@H]2CSSC[C@H](NC(=O)[C@H](Cc3ccc(O)cc3)NC(=O)[C@H](CCCNC(=N)N)NC1=O)C(=O)OC(Cc1ccc(O)cc1)C(=O)N[C@@H](CCC(N)=O)C(=O)N[C@@H](CCCCN)C(=O)N1CCC[C@@H]1C(=O)N1CCC[C@H]1C(=O)N[C@@H](Cc1ccc(O)cc1)C(=O)N[C@@H](Cc1cnc[nH]1)C(=O)N[C@@H](C)C(=O)N2. The Morgan fingerprint density at radius 1 is 0.489 bits per heavy atom. The Labute approximate surface area is 761 Å². The molecule has 0 saturated carbocycles. The molecule has 6 heterocycles. The van der Waals surface area contributed by atoms with E-state index in [1.165, 1.54) is 116 Å². The van der Waals surface area contributed by atoms with Gasteiger partial charge in [-0.25, -0.2) is 9.78 Å². The topological polar surface area (TPSA) is 703 Å². The van der Waals surface area contributed by atoms with E-state index >= 15 is 43.2 Å². The van der Waals surface area contributed by atoms with Gasteiger partial charge in [-0.3, -0.25) is 82.1 Å². The van der Waals surface area contributed by atoms with Gasteiger partial charge in [-0.15, -0.1) is 0 Å². The third-order valence-corrected chi connectivity index (χ3v) is 25.1. The van der Waals surface area contributed by atoms with Crippen LogP contribution in [0.3, 0.4) is 0 Å². The number of cyclic esters (lactones) is 1. The number of primary amides is 1. The highest BCUT2D eigenvalue weighted by atomic mass is 33.1. The average Bonchev–Trinajstić information content (AvgIpc) is 1.66. The predicted octanol–water partition coefficient (Wildman–Crippen LogP) is -6.05. The van der Waals surface area contributed by atoms with Gasteiger partial charge in [0.25, 0.3) is 5.91 Å². The number of phenols is 3. The molecule has 0 spiro atoms. The summed E-state index contributed by atoms with van der Waals surface area (Å²) in [5.74, 6) is -19.9. The van der Waals surface area contributed by atoms with Gasteiger partial charge in [0.15, 0.2) is 12.1 Å². The number of aromatic amines is 1. The fourth-order valence-electron chi connectivity index (χ4n) is 15.5. The van der Waals surface area contributed by atoms with Crippen molar-refractivity contribution in [1.29, 1.82) is 5.41 Å². The molecule has 712 valence electrons. The third kappa shape index (κ3) is 29.8. The molecular formula is C84H117N23O22S2. The molecule has 5 saturated heterocycles. The van der Waals surface area contributed by atoms with Gasteiger partial charge in [0.2, 0.25) is 88.6 Å². The van der Waals surface area contributed by atoms with E-state index in [2.05, 4.69) is 79.1 Å². The number of nitrogens with two attached hydrogens (primary N) is 4. The number of aliphatic hydroxyl groups is 1. The molecule has 16 amide bonds. The molecule has 3 aromatic carbocycles. The smallest absolute Gasteiger partial charge is 0.330 e. The van der Waals surface area contributed by atoms with E-state index in [9.17, 15) is 58.8 Å². The first-order valence-corrected chi connectivity index (χ1v) is 45.7. The molecule has 27 N–H and O–H groups in total. The largest absolute Gasteiger partial charge is 0.508 e. The van der Waals surface area contributed by atoms with Crippen molar-refractivity contribution in [2.45, 2.75) is 233 Å². The number of hydrogen-bond acceptors (Lipinski definition) is 28. The van der Waals surface area contributed by atoms with Crippen LogP contribution in [-0.4, -0.2) is 305 Å². The van der Waals surface area contributed by atoms with Crippen molar-refractivity contribution >= 4 is 128 Å². The van der Waals surface area contributed by atoms with Crippen molar-refractivity contribution in [3.8, 4) is 17.2 Å². The van der Waals surface area contributed by atoms with E-state index in [1.807, 2.05) is 0 Å². The molecule has 17 atom stereocenters. The van der Waals surface area contributed by atoms with E-state index in [1.54, 1.807) is 0 Å². The summed E-state index contributed by atoms with van der Waals surface area (Å²) < 4.78 is 6.14. The number of imidazole rings is 1. The van der Waals surface area contributed by atoms with Crippen LogP contribution in [0.5, 0.6) is 17.2 Å². The Morgan fingerprint density at radius 2 is 0.931 bits per heavy atom. The second kappa shape index (κ2) is 49.2. The van der Waals surface area contributed by atoms with Gasteiger partial charge in [0, 0.05) is 87.7 Å². The average molecular weight is 1870 g/mol. The van der Waals surface area contributed by atoms with Crippen LogP contribution in [0.4, 0.5) is 0 Å². The third-order valence-electron chi connectivity index (χ3n) is 22.7. The van der Waals surface area contributed by atoms with Crippen molar-refractivity contribution in [3.63, 3.8) is 0 Å². The van der Waals surface area contributed by atoms with Crippen molar-refractivity contribution in [2.24, 2.45) is 22.9 Å². The maximum absolute atomic E-state index is 15.6. The van der Waals surface area contributed by atoms with Gasteiger partial charge >= 0.3 is 5.97 Å². The number of unbranched alkanes of at least 4 members (excludes halogenated alkanes) is 1. The Hall–Kier alpha value is -12.9. The molecule has 0 radical (unpaired) electrons. The number of aromatic hydroxyl groups is 3. The zero-order valence-corrected chi connectivity index (χ0v) is 74.3. The summed E-state index contributed by atoms with van der Waals surface area (Å²) >= 11 is 0. The van der Waals surface area contributed by atoms with Gasteiger partial charge in [0.05, 0.1) is 12.9 Å². The number of rotatable bonds is 21. The minimum atomic E-state index is -2.08. The number of guanidine groups is 1. The molecule has 5 aliphatic rings. The number of esters is 1. The summed E-state index contributed by atoms with van der Waals surface area (Å²) in [7, 11) is 1.39. The Bertz CT molecular complexity index is 4730. The minimum absolute atomic E-state index is 0.000556. The Morgan fingerprint density at radius 3 is 1.47 bits per heavy atom. The molecule has 3 unspecified atom stereocenters. The number of carbonyl (C=O) groups is 17. The molecule has 47 heteroatoms. The van der Waals surface area contributed by atoms with Gasteiger partial charge in [0.1, 0.15) is 108 Å². The number of benzene rings is 3. The lowest BCUT2D eigenvalue weighted by Gasteiger charge is -2.34. The summed E-state index contributed by atoms with van der Waals surface area (Å²) in [5.41, 5.74) is 24.7. The lowest BCUT2D eigenvalue weighted by atomic mass is 10.0. The minimum Gasteiger partial charge on any atom is -0.508 e. The van der Waals surface area contributed by atoms with E-state index < -0.39 is 253 Å². The zero-order valence-electron chi connectivity index (χ0n) is 72.6. The number of fused-ring (bicyclic) bond motifs is 8. The normalized spacial score (nSPS) is 26.8. The number of H-pyrrole nitrogens is 1. The lowest BCUT2D eigenvalue weighted by Crippen LogP contribution is -2.63. The number of nitrogens with zero attached hydrogens (tertiary/aromatic N) is 4. The summed E-state index contributed by atoms with van der Waals surface area (Å²) in [6, 6.07) is -9.54. The second-order valence-corrected chi connectivity index (χ2v) is 35.3. The van der Waals surface area contributed by atoms with Crippen LogP contribution in [0.1, 0.15) is 127 Å². The van der Waals surface area contributed by atoms with Crippen LogP contribution in [0.25, 0.3) is 0 Å². The maximum atomic E-state index is 15.6. The van der Waals surface area contributed by atoms with Gasteiger partial charge in [-0.05, 0) is 157 Å². The highest BCUT2D eigenvalue weighted by molar-refractivity contribution is 8.76. The van der Waals surface area contributed by atoms with Crippen molar-refractivity contribution < 1.29 is 107 Å². The quantitative estimate of drug-likeness (QED) is 0.0121. The summed E-state index contributed by atoms with van der Waals surface area (Å²) in [5, 5.41) is 83.4. The van der Waals surface area contributed by atoms with Crippen molar-refractivity contribution in [3.05, 3.63) is 108 Å². The van der Waals surface area contributed by atoms with E-state index in [-0.39, 0.29) is 144 Å². The van der Waals surface area contributed by atoms with Crippen LogP contribution in [0, 0.1) is 5.41 Å². The van der Waals surface area contributed by atoms with Gasteiger partial charge in [-0.1, -0.05) is 58.0 Å². The highest BCUT2D eigenvalue weighted by Crippen LogP contribution is 2.30. The molecule has 5 aliphatic heterocycles. The van der Waals surface area contributed by atoms with Crippen molar-refractivity contribution in [1.82, 2.24) is 93.8 Å². The monoisotopic (exact) mass is 1860 g/mol. The van der Waals surface area contributed by atoms with Gasteiger partial charge < -0.3 is 137 Å². The lowest BCUT2D eigenvalue weighted by molar-refractivity contribution is -0.158. The van der Waals surface area contributed by atoms with Crippen LogP contribution < -0.4 is 92.1 Å². The Kier molecular flexibility index (Phi) is 38.3. The predicted molar refractivity (Wildman–Crippen MR) is 472 cm³/mol. The molecule has 1 aromatic heterocycles. The number of nitrogens with one attached hydrogen (secondary N) is 15. The Balaban J connectivity index is 1.17. The fraction of sp³-hybridized carbons (Fsp3) is 0.536. The number of ether oxygens (including phenoxy) is 1. The standard InChI is InChI=1S/C84H117N23O22S2/c1-43(86)67-79(124)96-53(11-6-30-91-84(88)89)69(114)98-56(34-46-15-21-50(109)22-16-46)73(118)103-61-41-131-130-40-60(75(120)101-59(39-108)74(119)94-45(3)80(125)105-31-7-13-63(105)77(122)104-67)102-68(113)44(2)93-71(116)58(37-49-38-90-42-92-49)99-72(117)57(35-47-17-23-51(110)24-18-47)100-76(121)62-12-8-32-106(62)82(127)64-14-9-33-107(64)81(126)55(10-4-5-29-85)97-70(115)54(27-28-66(87)112)95-78(123)65(129-83(61)128)36-48-19-25-52(111)26-20-48/h15-26,38,42-45,53-65,67,108-111H,4-14,27-37,39-41,85-86H2,1-3H3,(H2,87,112)(H,90,92)(H,93,116)(H,94,119)(H,95,123)(H,96,124)(H,97,115)(H,98,114)(H,99,117)(H,100,121)(H,101,120)(H,102,113)(H,103,118)(H,104,122)(H4,88,89,91)/t43?,44-,45-,53-,54-,55-,56-,57-,58-,59-,60-,61-,62-,63+,64+,65?,67?/m0/s1. The number of aliphatic hydroxyl groups excluding tert-OH is 1. The summed E-state index contributed by atoms with van der Waals surface area (Å²) in [6.45, 7) is 2.65. The fourth-order valence-corrected chi connectivity index (χ4v) is 17.9. The molecular weight excluding hydrogens is 1750 g/mol. The second-order valence-electron chi connectivity index (χ2n) is 32.8. The molecule has 5 fully saturated rings. The highest BCUT2D eigenvalue weighted by Gasteiger charge is 2.47. The molecule has 131 heavy (non-hydrogen) atoms. The van der Waals surface area contributed by atoms with Crippen LogP contribution >= 0.6 is 21.6 Å². The van der Waals surface area contributed by atoms with Crippen LogP contribution in [-0.2, 0) is 112 Å². The number of aromatic nitrogens is 2. The summed E-state index contributed by atoms with van der Waals surface area (Å²) in [4.78, 5) is 263. The summed E-state index contributed by atoms with van der Waals surface area (Å²) in [6.07, 6.45) is -1.24. The van der Waals surface area contributed by atoms with E-state index in [0.717, 1.165) is 4.90 Å². The molecule has 9 rings (SSSR count).